The summed E-state index contributed by atoms with van der Waals surface area (Å²) in [6.45, 7) is 0.926. The lowest BCUT2D eigenvalue weighted by atomic mass is 10.1. The summed E-state index contributed by atoms with van der Waals surface area (Å²) in [4.78, 5) is 27.7. The van der Waals surface area contributed by atoms with Crippen molar-refractivity contribution in [3.8, 4) is 0 Å². The third kappa shape index (κ3) is 4.18. The van der Waals surface area contributed by atoms with Crippen molar-refractivity contribution in [1.29, 1.82) is 0 Å². The Labute approximate surface area is 147 Å². The molecule has 5 heteroatoms. The molecule has 1 atom stereocenters. The summed E-state index contributed by atoms with van der Waals surface area (Å²) in [5, 5.41) is 0. The summed E-state index contributed by atoms with van der Waals surface area (Å²) in [5.41, 5.74) is 2.16. The second-order valence-electron chi connectivity index (χ2n) is 6.18. The molecule has 25 heavy (non-hydrogen) atoms. The monoisotopic (exact) mass is 338 g/mol. The first-order valence-corrected chi connectivity index (χ1v) is 8.41. The van der Waals surface area contributed by atoms with E-state index in [-0.39, 0.29) is 25.1 Å². The van der Waals surface area contributed by atoms with Crippen LogP contribution in [-0.2, 0) is 16.0 Å². The number of carbonyl (C=O) groups excluding carboxylic acids is 2. The standard InChI is InChI=1S/C20H22N2O3/c1-21(13-12-16-8-4-2-5-9-16)19(23)14-22-18(15-25-20(22)24)17-10-6-3-7-11-17/h2-11,18H,12-15H2,1H3/t18-/m1/s1. The highest BCUT2D eigenvalue weighted by Gasteiger charge is 2.35. The quantitative estimate of drug-likeness (QED) is 0.814. The first-order chi connectivity index (χ1) is 12.1. The minimum atomic E-state index is -0.432. The molecule has 0 saturated carbocycles. The summed E-state index contributed by atoms with van der Waals surface area (Å²) in [6, 6.07) is 19.5. The van der Waals surface area contributed by atoms with Crippen molar-refractivity contribution in [2.45, 2.75) is 12.5 Å². The summed E-state index contributed by atoms with van der Waals surface area (Å²) in [6.07, 6.45) is 0.356. The van der Waals surface area contributed by atoms with Crippen LogP contribution in [0.15, 0.2) is 60.7 Å². The summed E-state index contributed by atoms with van der Waals surface area (Å²) in [7, 11) is 1.77. The summed E-state index contributed by atoms with van der Waals surface area (Å²) >= 11 is 0. The van der Waals surface area contributed by atoms with Crippen molar-refractivity contribution in [3.63, 3.8) is 0 Å². The van der Waals surface area contributed by atoms with Gasteiger partial charge in [0, 0.05) is 13.6 Å². The molecule has 0 bridgehead atoms. The Morgan fingerprint density at radius 3 is 2.44 bits per heavy atom. The van der Waals surface area contributed by atoms with E-state index in [0.717, 1.165) is 12.0 Å². The summed E-state index contributed by atoms with van der Waals surface area (Å²) < 4.78 is 5.16. The third-order valence-corrected chi connectivity index (χ3v) is 4.47. The first kappa shape index (κ1) is 17.0. The molecular weight excluding hydrogens is 316 g/mol. The van der Waals surface area contributed by atoms with Crippen LogP contribution in [0.4, 0.5) is 4.79 Å². The Morgan fingerprint density at radius 1 is 1.12 bits per heavy atom. The number of carbonyl (C=O) groups is 2. The first-order valence-electron chi connectivity index (χ1n) is 8.41. The molecule has 0 aromatic heterocycles. The van der Waals surface area contributed by atoms with Crippen molar-refractivity contribution in [2.24, 2.45) is 0 Å². The number of cyclic esters (lactones) is 1. The molecule has 2 aromatic rings. The average molecular weight is 338 g/mol. The molecular formula is C20H22N2O3. The van der Waals surface area contributed by atoms with Gasteiger partial charge < -0.3 is 9.64 Å². The van der Waals surface area contributed by atoms with Crippen LogP contribution >= 0.6 is 0 Å². The van der Waals surface area contributed by atoms with Gasteiger partial charge in [-0.15, -0.1) is 0 Å². The van der Waals surface area contributed by atoms with Crippen molar-refractivity contribution in [1.82, 2.24) is 9.80 Å². The molecule has 1 heterocycles. The molecule has 1 aliphatic heterocycles. The highest BCUT2D eigenvalue weighted by Crippen LogP contribution is 2.27. The van der Waals surface area contributed by atoms with Gasteiger partial charge in [0.15, 0.2) is 0 Å². The van der Waals surface area contributed by atoms with Gasteiger partial charge in [-0.1, -0.05) is 60.7 Å². The van der Waals surface area contributed by atoms with Crippen LogP contribution in [0, 0.1) is 0 Å². The molecule has 2 amide bonds. The Morgan fingerprint density at radius 2 is 1.76 bits per heavy atom. The van der Waals surface area contributed by atoms with Crippen LogP contribution in [0.25, 0.3) is 0 Å². The van der Waals surface area contributed by atoms with Crippen LogP contribution in [-0.4, -0.2) is 48.5 Å². The molecule has 130 valence electrons. The normalized spacial score (nSPS) is 16.6. The van der Waals surface area contributed by atoms with Crippen LogP contribution < -0.4 is 0 Å². The Kier molecular flexibility index (Phi) is 5.33. The van der Waals surface area contributed by atoms with Crippen LogP contribution in [0.2, 0.25) is 0 Å². The number of hydrogen-bond donors (Lipinski definition) is 0. The van der Waals surface area contributed by atoms with Crippen LogP contribution in [0.5, 0.6) is 0 Å². The van der Waals surface area contributed by atoms with E-state index in [1.54, 1.807) is 11.9 Å². The van der Waals surface area contributed by atoms with Gasteiger partial charge in [0.1, 0.15) is 13.2 Å². The van der Waals surface area contributed by atoms with Gasteiger partial charge in [0.25, 0.3) is 0 Å². The topological polar surface area (TPSA) is 49.9 Å². The molecule has 1 fully saturated rings. The lowest BCUT2D eigenvalue weighted by Crippen LogP contribution is -2.40. The Bertz CT molecular complexity index is 718. The average Bonchev–Trinajstić information content (AvgIpc) is 3.02. The third-order valence-electron chi connectivity index (χ3n) is 4.47. The smallest absolute Gasteiger partial charge is 0.410 e. The molecule has 0 N–H and O–H groups in total. The van der Waals surface area contributed by atoms with Gasteiger partial charge >= 0.3 is 6.09 Å². The van der Waals surface area contributed by atoms with Gasteiger partial charge in [-0.05, 0) is 17.5 Å². The zero-order valence-corrected chi connectivity index (χ0v) is 14.3. The van der Waals surface area contributed by atoms with Gasteiger partial charge in [-0.2, -0.15) is 0 Å². The fourth-order valence-electron chi connectivity index (χ4n) is 2.91. The molecule has 0 aliphatic carbocycles. The fourth-order valence-corrected chi connectivity index (χ4v) is 2.91. The molecule has 0 unspecified atom stereocenters. The van der Waals surface area contributed by atoms with E-state index in [9.17, 15) is 9.59 Å². The minimum Gasteiger partial charge on any atom is -0.447 e. The highest BCUT2D eigenvalue weighted by atomic mass is 16.6. The molecule has 1 saturated heterocycles. The van der Waals surface area contributed by atoms with Gasteiger partial charge in [-0.3, -0.25) is 9.69 Å². The number of hydrogen-bond acceptors (Lipinski definition) is 3. The van der Waals surface area contributed by atoms with Gasteiger partial charge in [-0.25, -0.2) is 4.79 Å². The fraction of sp³-hybridized carbons (Fsp3) is 0.300. The maximum absolute atomic E-state index is 12.5. The lowest BCUT2D eigenvalue weighted by molar-refractivity contribution is -0.130. The highest BCUT2D eigenvalue weighted by molar-refractivity contribution is 5.83. The maximum Gasteiger partial charge on any atom is 0.410 e. The van der Waals surface area contributed by atoms with Crippen LogP contribution in [0.3, 0.4) is 0 Å². The van der Waals surface area contributed by atoms with Crippen LogP contribution in [0.1, 0.15) is 17.2 Å². The number of rotatable bonds is 6. The number of likely N-dealkylation sites (N-methyl/N-ethyl adjacent to an activating group) is 1. The number of benzene rings is 2. The number of nitrogens with zero attached hydrogens (tertiary/aromatic N) is 2. The zero-order chi connectivity index (χ0) is 17.6. The van der Waals surface area contributed by atoms with Gasteiger partial charge in [0.2, 0.25) is 5.91 Å². The number of ether oxygens (including phenoxy) is 1. The van der Waals surface area contributed by atoms with Crippen molar-refractivity contribution < 1.29 is 14.3 Å². The van der Waals surface area contributed by atoms with E-state index in [0.29, 0.717) is 6.54 Å². The SMILES string of the molecule is CN(CCc1ccccc1)C(=O)CN1C(=O)OC[C@@H]1c1ccccc1. The molecule has 2 aromatic carbocycles. The number of amides is 2. The molecule has 1 aliphatic rings. The zero-order valence-electron chi connectivity index (χ0n) is 14.3. The predicted octanol–water partition coefficient (Wildman–Crippen LogP) is 2.88. The second kappa shape index (κ2) is 7.83. The predicted molar refractivity (Wildman–Crippen MR) is 95.0 cm³/mol. The Balaban J connectivity index is 1.59. The lowest BCUT2D eigenvalue weighted by Gasteiger charge is -2.24. The molecule has 0 spiro atoms. The van der Waals surface area contributed by atoms with Crippen molar-refractivity contribution in [2.75, 3.05) is 26.7 Å². The van der Waals surface area contributed by atoms with E-state index in [2.05, 4.69) is 0 Å². The summed E-state index contributed by atoms with van der Waals surface area (Å²) in [5.74, 6) is -0.0873. The van der Waals surface area contributed by atoms with E-state index >= 15 is 0 Å². The van der Waals surface area contributed by atoms with Crippen molar-refractivity contribution >= 4 is 12.0 Å². The van der Waals surface area contributed by atoms with Crippen molar-refractivity contribution in [3.05, 3.63) is 71.8 Å². The molecule has 5 nitrogen and oxygen atoms in total. The van der Waals surface area contributed by atoms with E-state index < -0.39 is 6.09 Å². The van der Waals surface area contributed by atoms with E-state index in [1.165, 1.54) is 10.5 Å². The minimum absolute atomic E-state index is 0.0314. The Hall–Kier alpha value is -2.82. The maximum atomic E-state index is 12.5. The second-order valence-corrected chi connectivity index (χ2v) is 6.18. The van der Waals surface area contributed by atoms with E-state index in [1.807, 2.05) is 60.7 Å². The molecule has 3 rings (SSSR count). The van der Waals surface area contributed by atoms with E-state index in [4.69, 9.17) is 4.74 Å². The van der Waals surface area contributed by atoms with Gasteiger partial charge in [0.05, 0.1) is 6.04 Å². The largest absolute Gasteiger partial charge is 0.447 e. The molecule has 0 radical (unpaired) electrons.